The number of fused-ring (bicyclic) bond motifs is 6. The topological polar surface area (TPSA) is 3.24 Å². The molecule has 272 valence electrons. The molecule has 13 aromatic rings. The number of nitrogens with zero attached hydrogens (tertiary/aromatic N) is 1. The second kappa shape index (κ2) is 12.4. The average Bonchev–Trinajstić information content (AvgIpc) is 3.30. The lowest BCUT2D eigenvalue weighted by Gasteiger charge is -2.30. The molecule has 1 nitrogen and oxygen atoms in total. The van der Waals surface area contributed by atoms with E-state index in [4.69, 9.17) is 0 Å². The Labute approximate surface area is 340 Å². The Kier molecular flexibility index (Phi) is 6.79. The molecule has 0 aromatic heterocycles. The first kappa shape index (κ1) is 32.4. The van der Waals surface area contributed by atoms with Crippen LogP contribution in [0.4, 0.5) is 17.1 Å². The van der Waals surface area contributed by atoms with Crippen LogP contribution in [0.5, 0.6) is 0 Å². The van der Waals surface area contributed by atoms with Crippen molar-refractivity contribution in [3.63, 3.8) is 0 Å². The number of benzene rings is 12. The summed E-state index contributed by atoms with van der Waals surface area (Å²) in [6.45, 7) is 0. The lowest BCUT2D eigenvalue weighted by Crippen LogP contribution is -2.11. The summed E-state index contributed by atoms with van der Waals surface area (Å²) < 4.78 is 0. The molecule has 0 atom stereocenters. The normalized spacial score (nSPS) is 12.1. The third-order valence-electron chi connectivity index (χ3n) is 12.9. The van der Waals surface area contributed by atoms with Crippen molar-refractivity contribution in [3.8, 4) is 11.1 Å². The summed E-state index contributed by atoms with van der Waals surface area (Å²) in [6, 6.07) is 79.1. The highest BCUT2D eigenvalue weighted by Gasteiger charge is 2.23. The van der Waals surface area contributed by atoms with Crippen molar-refractivity contribution in [1.29, 1.82) is 0 Å². The molecule has 0 unspecified atom stereocenters. The van der Waals surface area contributed by atoms with Gasteiger partial charge in [0.2, 0.25) is 0 Å². The molecule has 0 bridgehead atoms. The molecule has 0 aliphatic carbocycles. The van der Waals surface area contributed by atoms with Crippen molar-refractivity contribution in [3.05, 3.63) is 212 Å². The van der Waals surface area contributed by atoms with Crippen LogP contribution >= 0.6 is 0 Å². The van der Waals surface area contributed by atoms with Crippen LogP contribution in [0.2, 0.25) is 0 Å². The first-order valence-corrected chi connectivity index (χ1v) is 20.5. The van der Waals surface area contributed by atoms with Gasteiger partial charge in [-0.2, -0.15) is 0 Å². The standard InChI is InChI=1S/C58H35N/c1-3-18-43-36(12-1)14-7-22-44(43)37-30-32-42(33-31-37)59(53-34-40-13-2-4-19-45(40)46-20-5-6-21-47(46)53)54-35-41-17-10-25-49-48-23-8-15-38-28-29-39-16-9-24-50(56(39)55(38)48)51-26-11-27-52(54)58(51)57(41)49/h1-35H. The number of hydrogen-bond donors (Lipinski definition) is 0. The minimum absolute atomic E-state index is 1.11. The molecule has 0 amide bonds. The molecule has 0 heterocycles. The lowest BCUT2D eigenvalue weighted by atomic mass is 9.87. The minimum Gasteiger partial charge on any atom is -0.309 e. The van der Waals surface area contributed by atoms with E-state index in [2.05, 4.69) is 217 Å². The minimum atomic E-state index is 1.11. The smallest absolute Gasteiger partial charge is 0.0546 e. The van der Waals surface area contributed by atoms with E-state index in [1.54, 1.807) is 0 Å². The van der Waals surface area contributed by atoms with E-state index in [1.165, 1.54) is 108 Å². The Morgan fingerprint density at radius 1 is 0.237 bits per heavy atom. The van der Waals surface area contributed by atoms with Gasteiger partial charge in [0.05, 0.1) is 11.4 Å². The highest BCUT2D eigenvalue weighted by Crippen LogP contribution is 2.50. The number of hydrogen-bond acceptors (Lipinski definition) is 1. The zero-order valence-corrected chi connectivity index (χ0v) is 32.2. The van der Waals surface area contributed by atoms with Crippen molar-refractivity contribution in [2.45, 2.75) is 0 Å². The van der Waals surface area contributed by atoms with Crippen LogP contribution in [-0.4, -0.2) is 0 Å². The van der Waals surface area contributed by atoms with Crippen molar-refractivity contribution < 1.29 is 0 Å². The monoisotopic (exact) mass is 745 g/mol. The van der Waals surface area contributed by atoms with Gasteiger partial charge in [-0.15, -0.1) is 0 Å². The summed E-state index contributed by atoms with van der Waals surface area (Å²) >= 11 is 0. The highest BCUT2D eigenvalue weighted by atomic mass is 15.1. The van der Waals surface area contributed by atoms with Gasteiger partial charge in [0.15, 0.2) is 0 Å². The summed E-state index contributed by atoms with van der Waals surface area (Å²) in [7, 11) is 0. The maximum Gasteiger partial charge on any atom is 0.0546 e. The van der Waals surface area contributed by atoms with Gasteiger partial charge in [-0.25, -0.2) is 0 Å². The molecule has 0 spiro atoms. The van der Waals surface area contributed by atoms with Crippen molar-refractivity contribution in [2.24, 2.45) is 0 Å². The molecule has 13 rings (SSSR count). The summed E-state index contributed by atoms with van der Waals surface area (Å²) in [6.07, 6.45) is 0. The summed E-state index contributed by atoms with van der Waals surface area (Å²) in [4.78, 5) is 2.53. The fraction of sp³-hybridized carbons (Fsp3) is 0. The largest absolute Gasteiger partial charge is 0.309 e. The van der Waals surface area contributed by atoms with Gasteiger partial charge in [-0.3, -0.25) is 0 Å². The fourth-order valence-electron chi connectivity index (χ4n) is 10.4. The zero-order valence-electron chi connectivity index (χ0n) is 32.2. The Morgan fingerprint density at radius 3 is 1.39 bits per heavy atom. The molecular weight excluding hydrogens is 711 g/mol. The number of rotatable bonds is 4. The average molecular weight is 746 g/mol. The van der Waals surface area contributed by atoms with E-state index < -0.39 is 0 Å². The van der Waals surface area contributed by atoms with Crippen molar-refractivity contribution in [2.75, 3.05) is 4.90 Å². The maximum atomic E-state index is 2.53. The van der Waals surface area contributed by atoms with Gasteiger partial charge in [-0.1, -0.05) is 188 Å². The van der Waals surface area contributed by atoms with E-state index in [0.29, 0.717) is 0 Å². The van der Waals surface area contributed by atoms with Crippen LogP contribution in [0.15, 0.2) is 212 Å². The Bertz CT molecular complexity index is 3830. The summed E-state index contributed by atoms with van der Waals surface area (Å²) in [5.41, 5.74) is 5.87. The highest BCUT2D eigenvalue weighted by molar-refractivity contribution is 6.38. The van der Waals surface area contributed by atoms with Crippen LogP contribution in [0.25, 0.3) is 108 Å². The summed E-state index contributed by atoms with van der Waals surface area (Å²) in [5, 5.41) is 22.8. The SMILES string of the molecule is c1ccc2c(-c3ccc(N(c4cc5ccccc5c5ccccc45)c4cc5cccc6c7cccc8ccc9cccc(c%10cccc4c%10c56)c9c87)cc3)cccc2c1. The van der Waals surface area contributed by atoms with Crippen LogP contribution < -0.4 is 4.90 Å². The molecule has 0 aliphatic heterocycles. The Balaban J connectivity index is 1.18. The van der Waals surface area contributed by atoms with Gasteiger partial charge in [0.1, 0.15) is 0 Å². The summed E-state index contributed by atoms with van der Waals surface area (Å²) in [5.74, 6) is 0. The molecule has 0 aliphatic rings. The van der Waals surface area contributed by atoms with Crippen LogP contribution in [-0.2, 0) is 0 Å². The second-order valence-corrected chi connectivity index (χ2v) is 16.0. The van der Waals surface area contributed by atoms with Crippen LogP contribution in [0, 0.1) is 0 Å². The van der Waals surface area contributed by atoms with Crippen molar-refractivity contribution >= 4 is 114 Å². The van der Waals surface area contributed by atoms with Crippen molar-refractivity contribution in [1.82, 2.24) is 0 Å². The predicted molar refractivity (Wildman–Crippen MR) is 255 cm³/mol. The molecule has 1 heteroatoms. The maximum absolute atomic E-state index is 2.53. The Hall–Kier alpha value is -7.74. The van der Waals surface area contributed by atoms with E-state index >= 15 is 0 Å². The molecule has 59 heavy (non-hydrogen) atoms. The molecule has 0 fully saturated rings. The first-order valence-electron chi connectivity index (χ1n) is 20.5. The van der Waals surface area contributed by atoms with E-state index in [-0.39, 0.29) is 0 Å². The first-order chi connectivity index (χ1) is 29.3. The van der Waals surface area contributed by atoms with Crippen LogP contribution in [0.1, 0.15) is 0 Å². The van der Waals surface area contributed by atoms with E-state index in [1.807, 2.05) is 0 Å². The quantitative estimate of drug-likeness (QED) is 0.162. The molecule has 13 aromatic carbocycles. The van der Waals surface area contributed by atoms with Gasteiger partial charge < -0.3 is 4.90 Å². The molecular formula is C58H35N. The molecule has 0 saturated carbocycles. The van der Waals surface area contributed by atoms with Gasteiger partial charge >= 0.3 is 0 Å². The third kappa shape index (κ3) is 4.67. The molecule has 0 N–H and O–H groups in total. The molecule has 0 radical (unpaired) electrons. The van der Waals surface area contributed by atoms with Gasteiger partial charge in [0.25, 0.3) is 0 Å². The molecule has 0 saturated heterocycles. The Morgan fingerprint density at radius 2 is 0.678 bits per heavy atom. The second-order valence-electron chi connectivity index (χ2n) is 16.0. The predicted octanol–water partition coefficient (Wildman–Crippen LogP) is 16.6. The number of anilines is 3. The fourth-order valence-corrected chi connectivity index (χ4v) is 10.4. The lowest BCUT2D eigenvalue weighted by molar-refractivity contribution is 1.32. The third-order valence-corrected chi connectivity index (χ3v) is 12.9. The van der Waals surface area contributed by atoms with E-state index in [9.17, 15) is 0 Å². The zero-order chi connectivity index (χ0) is 38.6. The van der Waals surface area contributed by atoms with E-state index in [0.717, 1.165) is 17.1 Å². The van der Waals surface area contributed by atoms with Gasteiger partial charge in [0, 0.05) is 21.8 Å². The van der Waals surface area contributed by atoms with Crippen LogP contribution in [0.3, 0.4) is 0 Å². The van der Waals surface area contributed by atoms with Gasteiger partial charge in [-0.05, 0) is 116 Å².